The summed E-state index contributed by atoms with van der Waals surface area (Å²) in [6.07, 6.45) is 1.79. The Labute approximate surface area is 137 Å². The van der Waals surface area contributed by atoms with Crippen molar-refractivity contribution in [1.29, 1.82) is 0 Å². The lowest BCUT2D eigenvalue weighted by atomic mass is 9.98. The molecule has 0 bridgehead atoms. The highest BCUT2D eigenvalue weighted by molar-refractivity contribution is 5.99. The van der Waals surface area contributed by atoms with Gasteiger partial charge in [0.15, 0.2) is 5.78 Å². The van der Waals surface area contributed by atoms with Crippen LogP contribution in [0.2, 0.25) is 0 Å². The van der Waals surface area contributed by atoms with E-state index in [0.29, 0.717) is 12.5 Å². The van der Waals surface area contributed by atoms with Crippen LogP contribution in [0.25, 0.3) is 10.9 Å². The third-order valence-electron chi connectivity index (χ3n) is 4.20. The van der Waals surface area contributed by atoms with Crippen LogP contribution in [0.4, 0.5) is 0 Å². The molecule has 118 valence electrons. The molecule has 0 aliphatic rings. The molecule has 0 unspecified atom stereocenters. The molecule has 0 radical (unpaired) electrons. The molecule has 1 aromatic carbocycles. The monoisotopic (exact) mass is 306 g/mol. The molecular formula is C20H22N2O. The number of ketones is 1. The summed E-state index contributed by atoms with van der Waals surface area (Å²) in [6.45, 7) is 8.74. The lowest BCUT2D eigenvalue weighted by Gasteiger charge is -2.15. The first-order valence-corrected chi connectivity index (χ1v) is 8.02. The number of nitrogens with zero attached hydrogens (tertiary/aromatic N) is 2. The van der Waals surface area contributed by atoms with Crippen molar-refractivity contribution in [2.45, 2.75) is 40.2 Å². The van der Waals surface area contributed by atoms with Gasteiger partial charge in [-0.05, 0) is 42.7 Å². The van der Waals surface area contributed by atoms with Gasteiger partial charge in [0.05, 0.1) is 23.4 Å². The second-order valence-corrected chi connectivity index (χ2v) is 6.44. The molecule has 0 aliphatic carbocycles. The van der Waals surface area contributed by atoms with Crippen molar-refractivity contribution in [2.24, 2.45) is 0 Å². The highest BCUT2D eigenvalue weighted by Gasteiger charge is 2.17. The summed E-state index contributed by atoms with van der Waals surface area (Å²) in [5.41, 5.74) is 5.37. The van der Waals surface area contributed by atoms with Crippen molar-refractivity contribution in [3.05, 3.63) is 65.1 Å². The molecule has 0 atom stereocenters. The fourth-order valence-electron chi connectivity index (χ4n) is 3.15. The Balaban J connectivity index is 2.28. The summed E-state index contributed by atoms with van der Waals surface area (Å²) >= 11 is 0. The van der Waals surface area contributed by atoms with Gasteiger partial charge in [0, 0.05) is 18.5 Å². The molecule has 0 spiro atoms. The SMILES string of the molecule is CC(=O)c1cc2cc(C)cc(C(C)C)c2n1Cc1ccccn1. The number of rotatable bonds is 4. The van der Waals surface area contributed by atoms with Gasteiger partial charge < -0.3 is 4.57 Å². The standard InChI is InChI=1S/C20H22N2O/c1-13(2)18-10-14(3)9-16-11-19(15(4)23)22(20(16)18)12-17-7-5-6-8-21-17/h5-11,13H,12H2,1-4H3. The van der Waals surface area contributed by atoms with Crippen molar-refractivity contribution < 1.29 is 4.79 Å². The van der Waals surface area contributed by atoms with Crippen molar-refractivity contribution in [2.75, 3.05) is 0 Å². The fourth-order valence-corrected chi connectivity index (χ4v) is 3.15. The second-order valence-electron chi connectivity index (χ2n) is 6.44. The number of hydrogen-bond donors (Lipinski definition) is 0. The number of hydrogen-bond acceptors (Lipinski definition) is 2. The van der Waals surface area contributed by atoms with Crippen molar-refractivity contribution in [3.63, 3.8) is 0 Å². The molecule has 3 aromatic rings. The zero-order chi connectivity index (χ0) is 16.6. The first kappa shape index (κ1) is 15.5. The maximum atomic E-state index is 12.2. The molecule has 0 saturated carbocycles. The average Bonchev–Trinajstić information content (AvgIpc) is 2.86. The first-order chi connectivity index (χ1) is 11.0. The Hall–Kier alpha value is -2.42. The lowest BCUT2D eigenvalue weighted by Crippen LogP contribution is -2.10. The Morgan fingerprint density at radius 3 is 2.61 bits per heavy atom. The van der Waals surface area contributed by atoms with Gasteiger partial charge in [0.25, 0.3) is 0 Å². The third-order valence-corrected chi connectivity index (χ3v) is 4.20. The second kappa shape index (κ2) is 5.99. The van der Waals surface area contributed by atoms with E-state index in [-0.39, 0.29) is 5.78 Å². The van der Waals surface area contributed by atoms with E-state index in [9.17, 15) is 4.79 Å². The number of carbonyl (C=O) groups excluding carboxylic acids is 1. The van der Waals surface area contributed by atoms with Gasteiger partial charge in [-0.3, -0.25) is 9.78 Å². The Morgan fingerprint density at radius 1 is 1.22 bits per heavy atom. The Bertz CT molecular complexity index is 860. The van der Waals surface area contributed by atoms with E-state index in [2.05, 4.69) is 42.5 Å². The molecule has 3 heteroatoms. The highest BCUT2D eigenvalue weighted by atomic mass is 16.1. The van der Waals surface area contributed by atoms with Crippen LogP contribution in [-0.4, -0.2) is 15.3 Å². The normalized spacial score (nSPS) is 11.3. The summed E-state index contributed by atoms with van der Waals surface area (Å²) < 4.78 is 2.12. The van der Waals surface area contributed by atoms with Crippen LogP contribution in [0.5, 0.6) is 0 Å². The molecular weight excluding hydrogens is 284 g/mol. The van der Waals surface area contributed by atoms with Gasteiger partial charge in [0.2, 0.25) is 0 Å². The summed E-state index contributed by atoms with van der Waals surface area (Å²) in [4.78, 5) is 16.6. The van der Waals surface area contributed by atoms with Gasteiger partial charge in [-0.2, -0.15) is 0 Å². The van der Waals surface area contributed by atoms with E-state index in [1.54, 1.807) is 13.1 Å². The molecule has 0 saturated heterocycles. The van der Waals surface area contributed by atoms with Crippen molar-refractivity contribution in [1.82, 2.24) is 9.55 Å². The predicted molar refractivity (Wildman–Crippen MR) is 94.1 cm³/mol. The largest absolute Gasteiger partial charge is 0.332 e. The van der Waals surface area contributed by atoms with Crippen LogP contribution < -0.4 is 0 Å². The van der Waals surface area contributed by atoms with Gasteiger partial charge in [-0.1, -0.05) is 31.5 Å². The first-order valence-electron chi connectivity index (χ1n) is 8.02. The maximum Gasteiger partial charge on any atom is 0.176 e. The molecule has 3 rings (SSSR count). The van der Waals surface area contributed by atoms with E-state index in [1.807, 2.05) is 24.3 Å². The number of Topliss-reactive ketones (excluding diaryl/α,β-unsaturated/α-hetero) is 1. The minimum atomic E-state index is 0.0875. The summed E-state index contributed by atoms with van der Waals surface area (Å²) in [7, 11) is 0. The molecule has 3 nitrogen and oxygen atoms in total. The van der Waals surface area contributed by atoms with E-state index in [0.717, 1.165) is 22.3 Å². The number of carbonyl (C=O) groups is 1. The zero-order valence-corrected chi connectivity index (χ0v) is 14.1. The molecule has 2 heterocycles. The van der Waals surface area contributed by atoms with E-state index in [4.69, 9.17) is 0 Å². The van der Waals surface area contributed by atoms with Gasteiger partial charge in [-0.15, -0.1) is 0 Å². The number of aryl methyl sites for hydroxylation is 1. The third kappa shape index (κ3) is 2.91. The van der Waals surface area contributed by atoms with Crippen LogP contribution in [0.3, 0.4) is 0 Å². The Morgan fingerprint density at radius 2 is 2.00 bits per heavy atom. The average molecular weight is 306 g/mol. The van der Waals surface area contributed by atoms with Crippen LogP contribution in [0.15, 0.2) is 42.6 Å². The highest BCUT2D eigenvalue weighted by Crippen LogP contribution is 2.30. The molecule has 0 fully saturated rings. The van der Waals surface area contributed by atoms with Crippen molar-refractivity contribution in [3.8, 4) is 0 Å². The van der Waals surface area contributed by atoms with Crippen LogP contribution in [0, 0.1) is 6.92 Å². The van der Waals surface area contributed by atoms with Crippen LogP contribution >= 0.6 is 0 Å². The summed E-state index contributed by atoms with van der Waals surface area (Å²) in [6, 6.07) is 12.3. The van der Waals surface area contributed by atoms with E-state index < -0.39 is 0 Å². The summed E-state index contributed by atoms with van der Waals surface area (Å²) in [5, 5.41) is 1.13. The number of aromatic nitrogens is 2. The quantitative estimate of drug-likeness (QED) is 0.654. The van der Waals surface area contributed by atoms with E-state index in [1.165, 1.54) is 11.1 Å². The molecule has 2 aromatic heterocycles. The number of benzene rings is 1. The topological polar surface area (TPSA) is 34.9 Å². The fraction of sp³-hybridized carbons (Fsp3) is 0.300. The van der Waals surface area contributed by atoms with Crippen LogP contribution in [-0.2, 0) is 6.54 Å². The minimum absolute atomic E-state index is 0.0875. The van der Waals surface area contributed by atoms with Gasteiger partial charge in [-0.25, -0.2) is 0 Å². The van der Waals surface area contributed by atoms with Crippen LogP contribution in [0.1, 0.15) is 54.0 Å². The smallest absolute Gasteiger partial charge is 0.176 e. The molecule has 23 heavy (non-hydrogen) atoms. The molecule has 0 N–H and O–H groups in total. The summed E-state index contributed by atoms with van der Waals surface area (Å²) in [5.74, 6) is 0.485. The maximum absolute atomic E-state index is 12.2. The van der Waals surface area contributed by atoms with E-state index >= 15 is 0 Å². The van der Waals surface area contributed by atoms with Gasteiger partial charge in [0.1, 0.15) is 0 Å². The Kier molecular flexibility index (Phi) is 4.03. The minimum Gasteiger partial charge on any atom is -0.332 e. The van der Waals surface area contributed by atoms with Gasteiger partial charge >= 0.3 is 0 Å². The number of fused-ring (bicyclic) bond motifs is 1. The number of pyridine rings is 1. The lowest BCUT2D eigenvalue weighted by molar-refractivity contribution is 0.101. The molecule has 0 aliphatic heterocycles. The molecule has 0 amide bonds. The zero-order valence-electron chi connectivity index (χ0n) is 14.1. The predicted octanol–water partition coefficient (Wildman–Crippen LogP) is 4.72. The van der Waals surface area contributed by atoms with Crippen molar-refractivity contribution >= 4 is 16.7 Å².